The van der Waals surface area contributed by atoms with Gasteiger partial charge in [-0.2, -0.15) is 23.3 Å². The largest absolute Gasteiger partial charge is 0.438 e. The van der Waals surface area contributed by atoms with E-state index in [1.54, 1.807) is 36.4 Å². The number of alkyl halides is 3. The van der Waals surface area contributed by atoms with Crippen LogP contribution in [0.25, 0.3) is 0 Å². The minimum Gasteiger partial charge on any atom is -0.362 e. The van der Waals surface area contributed by atoms with E-state index in [-0.39, 0.29) is 16.3 Å². The van der Waals surface area contributed by atoms with Gasteiger partial charge >= 0.3 is 6.18 Å². The molecule has 1 aliphatic rings. The molecule has 8 heteroatoms. The number of carbonyl (C=O) groups excluding carboxylic acids is 1. The Balaban J connectivity index is 2.06. The second-order valence-corrected chi connectivity index (χ2v) is 6.45. The molecular formula is C17H12BrF3N2O2. The maximum absolute atomic E-state index is 13.5. The molecule has 0 aromatic heterocycles. The maximum atomic E-state index is 13.5. The number of halogens is 4. The number of benzene rings is 2. The molecule has 0 aliphatic carbocycles. The Bertz CT molecular complexity index is 839. The molecule has 25 heavy (non-hydrogen) atoms. The van der Waals surface area contributed by atoms with Crippen molar-refractivity contribution in [1.29, 1.82) is 0 Å². The average molecular weight is 413 g/mol. The smallest absolute Gasteiger partial charge is 0.362 e. The summed E-state index contributed by atoms with van der Waals surface area (Å²) >= 11 is 3.16. The number of amides is 1. The molecule has 130 valence electrons. The van der Waals surface area contributed by atoms with Crippen LogP contribution in [0.15, 0.2) is 64.2 Å². The molecule has 0 bridgehead atoms. The molecule has 1 aliphatic heterocycles. The number of hydrogen-bond acceptors (Lipinski definition) is 3. The molecule has 0 spiro atoms. The second-order valence-electron chi connectivity index (χ2n) is 5.53. The summed E-state index contributed by atoms with van der Waals surface area (Å²) in [6, 6.07) is 14.0. The van der Waals surface area contributed by atoms with Gasteiger partial charge in [0.05, 0.1) is 12.1 Å². The van der Waals surface area contributed by atoms with Gasteiger partial charge in [-0.25, -0.2) is 0 Å². The van der Waals surface area contributed by atoms with Gasteiger partial charge in [-0.3, -0.25) is 4.79 Å². The minimum absolute atomic E-state index is 0.0104. The van der Waals surface area contributed by atoms with Gasteiger partial charge in [0.25, 0.3) is 11.6 Å². The lowest BCUT2D eigenvalue weighted by molar-refractivity contribution is -0.297. The molecule has 2 aromatic rings. The van der Waals surface area contributed by atoms with Crippen molar-refractivity contribution in [2.75, 3.05) is 0 Å². The van der Waals surface area contributed by atoms with E-state index in [1.165, 1.54) is 18.2 Å². The monoisotopic (exact) mass is 412 g/mol. The Labute approximate surface area is 149 Å². The topological polar surface area (TPSA) is 52.9 Å². The van der Waals surface area contributed by atoms with Crippen LogP contribution in [-0.2, 0) is 0 Å². The lowest BCUT2D eigenvalue weighted by Gasteiger charge is -2.32. The number of nitrogens with zero attached hydrogens (tertiary/aromatic N) is 2. The number of aliphatic hydroxyl groups is 1. The van der Waals surface area contributed by atoms with Crippen molar-refractivity contribution >= 4 is 27.5 Å². The lowest BCUT2D eigenvalue weighted by atomic mass is 10.0. The van der Waals surface area contributed by atoms with Gasteiger partial charge in [0.1, 0.15) is 0 Å². The van der Waals surface area contributed by atoms with Crippen molar-refractivity contribution in [3.8, 4) is 0 Å². The number of hydrazone groups is 1. The van der Waals surface area contributed by atoms with Crippen molar-refractivity contribution in [3.05, 3.63) is 70.2 Å². The Hall–Kier alpha value is -2.19. The average Bonchev–Trinajstić information content (AvgIpc) is 2.94. The van der Waals surface area contributed by atoms with Gasteiger partial charge in [0.15, 0.2) is 0 Å². The van der Waals surface area contributed by atoms with E-state index in [4.69, 9.17) is 0 Å². The van der Waals surface area contributed by atoms with E-state index < -0.39 is 24.2 Å². The molecule has 1 heterocycles. The first kappa shape index (κ1) is 17.6. The molecule has 3 rings (SSSR count). The van der Waals surface area contributed by atoms with Crippen LogP contribution in [0.3, 0.4) is 0 Å². The molecule has 0 saturated carbocycles. The second kappa shape index (κ2) is 6.27. The van der Waals surface area contributed by atoms with Crippen LogP contribution in [-0.4, -0.2) is 33.6 Å². The van der Waals surface area contributed by atoms with Crippen LogP contribution in [0.2, 0.25) is 0 Å². The van der Waals surface area contributed by atoms with Crippen LogP contribution in [0, 0.1) is 0 Å². The van der Waals surface area contributed by atoms with Crippen molar-refractivity contribution in [3.63, 3.8) is 0 Å². The van der Waals surface area contributed by atoms with Crippen molar-refractivity contribution in [2.45, 2.75) is 18.3 Å². The molecule has 0 fully saturated rings. The molecule has 4 nitrogen and oxygen atoms in total. The molecule has 0 unspecified atom stereocenters. The number of carbonyl (C=O) groups is 1. The Morgan fingerprint density at radius 1 is 1.16 bits per heavy atom. The molecular weight excluding hydrogens is 401 g/mol. The van der Waals surface area contributed by atoms with Gasteiger partial charge in [-0.05, 0) is 23.8 Å². The fourth-order valence-electron chi connectivity index (χ4n) is 2.51. The Morgan fingerprint density at radius 2 is 1.84 bits per heavy atom. The van der Waals surface area contributed by atoms with Crippen LogP contribution in [0.5, 0.6) is 0 Å². The summed E-state index contributed by atoms with van der Waals surface area (Å²) in [5.74, 6) is -1.04. The number of hydrogen-bond donors (Lipinski definition) is 1. The van der Waals surface area contributed by atoms with Gasteiger partial charge < -0.3 is 5.11 Å². The fourth-order valence-corrected chi connectivity index (χ4v) is 2.91. The highest BCUT2D eigenvalue weighted by Crippen LogP contribution is 2.42. The first-order valence-corrected chi connectivity index (χ1v) is 8.04. The van der Waals surface area contributed by atoms with Crippen molar-refractivity contribution in [1.82, 2.24) is 5.01 Å². The van der Waals surface area contributed by atoms with Crippen LogP contribution in [0.1, 0.15) is 22.3 Å². The van der Waals surface area contributed by atoms with E-state index >= 15 is 0 Å². The quantitative estimate of drug-likeness (QED) is 0.811. The predicted octanol–water partition coefficient (Wildman–Crippen LogP) is 3.95. The summed E-state index contributed by atoms with van der Waals surface area (Å²) in [4.78, 5) is 12.6. The molecule has 1 N–H and O–H groups in total. The van der Waals surface area contributed by atoms with Gasteiger partial charge in [-0.1, -0.05) is 52.3 Å². The third kappa shape index (κ3) is 3.19. The van der Waals surface area contributed by atoms with Gasteiger partial charge in [0, 0.05) is 10.0 Å². The predicted molar refractivity (Wildman–Crippen MR) is 88.9 cm³/mol. The summed E-state index contributed by atoms with van der Waals surface area (Å²) in [5.41, 5.74) is -3.01. The Morgan fingerprint density at radius 3 is 2.44 bits per heavy atom. The molecule has 0 saturated heterocycles. The van der Waals surface area contributed by atoms with Crippen LogP contribution < -0.4 is 0 Å². The molecule has 2 aromatic carbocycles. The molecule has 0 radical (unpaired) electrons. The van der Waals surface area contributed by atoms with Crippen molar-refractivity contribution in [2.24, 2.45) is 5.10 Å². The zero-order valence-corrected chi connectivity index (χ0v) is 14.3. The summed E-state index contributed by atoms with van der Waals surface area (Å²) in [6.45, 7) is 0. The maximum Gasteiger partial charge on any atom is 0.438 e. The van der Waals surface area contributed by atoms with Crippen LogP contribution in [0.4, 0.5) is 13.2 Å². The highest BCUT2D eigenvalue weighted by atomic mass is 79.9. The van der Waals surface area contributed by atoms with Crippen LogP contribution >= 0.6 is 15.9 Å². The van der Waals surface area contributed by atoms with Gasteiger partial charge in [-0.15, -0.1) is 0 Å². The number of rotatable bonds is 2. The molecule has 1 atom stereocenters. The highest BCUT2D eigenvalue weighted by molar-refractivity contribution is 9.10. The fraction of sp³-hybridized carbons (Fsp3) is 0.176. The summed E-state index contributed by atoms with van der Waals surface area (Å²) in [5, 5.41) is 14.2. The third-order valence-corrected chi connectivity index (χ3v) is 4.30. The van der Waals surface area contributed by atoms with Gasteiger partial charge in [0.2, 0.25) is 0 Å². The zero-order valence-electron chi connectivity index (χ0n) is 12.7. The minimum atomic E-state index is -5.06. The summed E-state index contributed by atoms with van der Waals surface area (Å²) in [6.07, 6.45) is -5.89. The van der Waals surface area contributed by atoms with E-state index in [0.29, 0.717) is 10.0 Å². The lowest BCUT2D eigenvalue weighted by Crippen LogP contribution is -2.56. The summed E-state index contributed by atoms with van der Waals surface area (Å²) in [7, 11) is 0. The highest BCUT2D eigenvalue weighted by Gasteiger charge is 2.63. The van der Waals surface area contributed by atoms with E-state index in [2.05, 4.69) is 21.0 Å². The first-order chi connectivity index (χ1) is 11.7. The normalized spacial score (nSPS) is 20.5. The first-order valence-electron chi connectivity index (χ1n) is 7.24. The van der Waals surface area contributed by atoms with E-state index in [9.17, 15) is 23.1 Å². The summed E-state index contributed by atoms with van der Waals surface area (Å²) < 4.78 is 41.1. The van der Waals surface area contributed by atoms with E-state index in [1.807, 2.05) is 0 Å². The SMILES string of the molecule is O=C(c1cccc(Br)c1)N1N=C(c2ccccc2)C[C@]1(O)C(F)(F)F. The third-order valence-electron chi connectivity index (χ3n) is 3.81. The van der Waals surface area contributed by atoms with Crippen molar-refractivity contribution < 1.29 is 23.1 Å². The molecule has 1 amide bonds. The standard InChI is InChI=1S/C17H12BrF3N2O2/c18-13-8-4-7-12(9-13)15(24)23-16(25,17(19,20)21)10-14(22-23)11-5-2-1-3-6-11/h1-9,25H,10H2/t16-/m0/s1. The Kier molecular flexibility index (Phi) is 4.42. The van der Waals surface area contributed by atoms with E-state index in [0.717, 1.165) is 0 Å². The zero-order chi connectivity index (χ0) is 18.2.